The monoisotopic (exact) mass is 280 g/mol. The summed E-state index contributed by atoms with van der Waals surface area (Å²) in [5.41, 5.74) is 0.995. The Morgan fingerprint density at radius 1 is 1.32 bits per heavy atom. The smallest absolute Gasteiger partial charge is 0.273 e. The minimum atomic E-state index is -0.528. The third-order valence-electron chi connectivity index (χ3n) is 3.56. The van der Waals surface area contributed by atoms with Crippen molar-refractivity contribution >= 4 is 34.9 Å². The Morgan fingerprint density at radius 2 is 2.00 bits per heavy atom. The summed E-state index contributed by atoms with van der Waals surface area (Å²) >= 11 is 5.45. The zero-order valence-electron chi connectivity index (χ0n) is 11.4. The molecular formula is C13H18N3O2S+. The molecule has 0 spiro atoms. The first-order valence-electron chi connectivity index (χ1n) is 6.41. The molecule has 3 amide bonds. The van der Waals surface area contributed by atoms with Gasteiger partial charge in [-0.1, -0.05) is 25.6 Å². The van der Waals surface area contributed by atoms with Gasteiger partial charge in [0.1, 0.15) is 0 Å². The zero-order valence-corrected chi connectivity index (χ0v) is 12.2. The fraction of sp³-hybridized carbons (Fsp3) is 0.538. The quantitative estimate of drug-likeness (QED) is 0.744. The van der Waals surface area contributed by atoms with E-state index in [4.69, 9.17) is 12.2 Å². The van der Waals surface area contributed by atoms with E-state index in [1.807, 2.05) is 6.20 Å². The number of fused-ring (bicyclic) bond motifs is 1. The summed E-state index contributed by atoms with van der Waals surface area (Å²) in [5.74, 6) is -0.212. The van der Waals surface area contributed by atoms with Crippen LogP contribution in [0.1, 0.15) is 26.2 Å². The number of carbonyl (C=O) groups excluding carboxylic acids is 2. The molecule has 0 aromatic heterocycles. The Labute approximate surface area is 118 Å². The van der Waals surface area contributed by atoms with Crippen molar-refractivity contribution < 1.29 is 14.6 Å². The molecule has 2 rings (SSSR count). The van der Waals surface area contributed by atoms with Gasteiger partial charge in [-0.15, -0.1) is 0 Å². The van der Waals surface area contributed by atoms with E-state index in [1.54, 1.807) is 7.05 Å². The van der Waals surface area contributed by atoms with Gasteiger partial charge in [0.2, 0.25) is 0 Å². The van der Waals surface area contributed by atoms with Crippen LogP contribution in [0.5, 0.6) is 0 Å². The number of imide groups is 1. The molecule has 0 aromatic carbocycles. The number of allylic oxidation sites excluding steroid dienone is 1. The number of urea groups is 1. The van der Waals surface area contributed by atoms with Crippen molar-refractivity contribution in [2.24, 2.45) is 5.92 Å². The van der Waals surface area contributed by atoms with Crippen molar-refractivity contribution in [1.82, 2.24) is 9.80 Å². The lowest BCUT2D eigenvalue weighted by Crippen LogP contribution is -2.79. The molecule has 1 unspecified atom stereocenters. The van der Waals surface area contributed by atoms with Gasteiger partial charge < -0.3 is 0 Å². The normalized spacial score (nSPS) is 23.3. The maximum Gasteiger partial charge on any atom is 0.417 e. The Balaban J connectivity index is 2.35. The van der Waals surface area contributed by atoms with E-state index in [-0.39, 0.29) is 11.9 Å². The molecule has 0 radical (unpaired) electrons. The number of nitrogens with one attached hydrogen (secondary N) is 1. The van der Waals surface area contributed by atoms with E-state index >= 15 is 0 Å². The molecule has 0 aromatic rings. The number of nitrogens with zero attached hydrogens (tertiary/aromatic N) is 2. The van der Waals surface area contributed by atoms with E-state index < -0.39 is 5.92 Å². The molecule has 2 aliphatic heterocycles. The van der Waals surface area contributed by atoms with Crippen LogP contribution in [0.4, 0.5) is 4.79 Å². The van der Waals surface area contributed by atoms with Gasteiger partial charge in [-0.25, -0.2) is 14.7 Å². The van der Waals surface area contributed by atoms with Gasteiger partial charge in [0.15, 0.2) is 5.92 Å². The molecule has 19 heavy (non-hydrogen) atoms. The second-order valence-corrected chi connectivity index (χ2v) is 5.28. The van der Waals surface area contributed by atoms with Crippen LogP contribution in [0.25, 0.3) is 0 Å². The van der Waals surface area contributed by atoms with Crippen LogP contribution < -0.4 is 4.99 Å². The minimum absolute atomic E-state index is 0.252. The van der Waals surface area contributed by atoms with Crippen molar-refractivity contribution in [3.63, 3.8) is 0 Å². The Bertz CT molecular complexity index is 510. The number of amidine groups is 1. The van der Waals surface area contributed by atoms with Crippen LogP contribution in [0.3, 0.4) is 0 Å². The summed E-state index contributed by atoms with van der Waals surface area (Å²) in [6, 6.07) is -0.336. The van der Waals surface area contributed by atoms with E-state index in [2.05, 4.69) is 11.9 Å². The molecule has 1 atom stereocenters. The largest absolute Gasteiger partial charge is 0.417 e. The van der Waals surface area contributed by atoms with Crippen molar-refractivity contribution in [2.45, 2.75) is 26.2 Å². The molecule has 1 fully saturated rings. The predicted molar refractivity (Wildman–Crippen MR) is 75.6 cm³/mol. The predicted octanol–water partition coefficient (Wildman–Crippen LogP) is 0.0631. The Morgan fingerprint density at radius 3 is 2.63 bits per heavy atom. The average Bonchev–Trinajstić information content (AvgIpc) is 2.41. The van der Waals surface area contributed by atoms with Crippen LogP contribution in [-0.4, -0.2) is 46.5 Å². The first-order chi connectivity index (χ1) is 8.99. The highest BCUT2D eigenvalue weighted by molar-refractivity contribution is 7.81. The molecule has 0 aliphatic carbocycles. The first kappa shape index (κ1) is 13.9. The summed E-state index contributed by atoms with van der Waals surface area (Å²) in [7, 11) is 3.14. The van der Waals surface area contributed by atoms with Crippen molar-refractivity contribution in [3.8, 4) is 0 Å². The molecule has 102 valence electrons. The number of rotatable bonds is 3. The summed E-state index contributed by atoms with van der Waals surface area (Å²) in [4.78, 5) is 30.4. The highest BCUT2D eigenvalue weighted by Crippen LogP contribution is 2.23. The van der Waals surface area contributed by atoms with Gasteiger partial charge in [0.05, 0.1) is 13.2 Å². The van der Waals surface area contributed by atoms with E-state index in [9.17, 15) is 9.59 Å². The summed E-state index contributed by atoms with van der Waals surface area (Å²) in [6.45, 7) is 2.11. The average molecular weight is 280 g/mol. The molecule has 2 heterocycles. The highest BCUT2D eigenvalue weighted by atomic mass is 32.1. The molecule has 0 bridgehead atoms. The summed E-state index contributed by atoms with van der Waals surface area (Å²) in [6.07, 6.45) is 4.80. The van der Waals surface area contributed by atoms with Crippen LogP contribution in [0.15, 0.2) is 11.8 Å². The maximum atomic E-state index is 12.2. The zero-order chi connectivity index (χ0) is 14.2. The second-order valence-electron chi connectivity index (χ2n) is 4.84. The molecule has 1 saturated heterocycles. The van der Waals surface area contributed by atoms with Gasteiger partial charge in [0, 0.05) is 17.5 Å². The summed E-state index contributed by atoms with van der Waals surface area (Å²) < 4.78 is 0. The van der Waals surface area contributed by atoms with Gasteiger partial charge in [-0.3, -0.25) is 4.79 Å². The molecular weight excluding hydrogens is 262 g/mol. The van der Waals surface area contributed by atoms with Gasteiger partial charge >= 0.3 is 6.03 Å². The Hall–Kier alpha value is -1.56. The topological polar surface area (TPSA) is 54.6 Å². The van der Waals surface area contributed by atoms with E-state index in [0.717, 1.165) is 29.7 Å². The third kappa shape index (κ3) is 2.20. The lowest BCUT2D eigenvalue weighted by molar-refractivity contribution is -0.383. The van der Waals surface area contributed by atoms with Crippen molar-refractivity contribution in [3.05, 3.63) is 11.8 Å². The lowest BCUT2D eigenvalue weighted by atomic mass is 9.90. The Kier molecular flexibility index (Phi) is 3.80. The van der Waals surface area contributed by atoms with Gasteiger partial charge in [-0.05, 0) is 12.8 Å². The minimum Gasteiger partial charge on any atom is -0.273 e. The SMILES string of the molecule is CCCCC1=C[NH+]=C2C(C(=O)N(C)C(=O)N2C)C1=S. The lowest BCUT2D eigenvalue weighted by Gasteiger charge is -2.32. The molecule has 2 aliphatic rings. The van der Waals surface area contributed by atoms with E-state index in [0.29, 0.717) is 10.7 Å². The van der Waals surface area contributed by atoms with E-state index in [1.165, 1.54) is 11.9 Å². The number of unbranched alkanes of at least 4 members (excludes halogenated alkanes) is 1. The highest BCUT2D eigenvalue weighted by Gasteiger charge is 2.50. The first-order valence-corrected chi connectivity index (χ1v) is 6.81. The second kappa shape index (κ2) is 5.21. The fourth-order valence-corrected chi connectivity index (χ4v) is 2.70. The molecule has 1 N–H and O–H groups in total. The fourth-order valence-electron chi connectivity index (χ4n) is 2.32. The third-order valence-corrected chi connectivity index (χ3v) is 4.06. The number of amides is 3. The maximum absolute atomic E-state index is 12.2. The van der Waals surface area contributed by atoms with Gasteiger partial charge in [0.25, 0.3) is 11.7 Å². The van der Waals surface area contributed by atoms with Crippen LogP contribution >= 0.6 is 12.2 Å². The number of thiocarbonyl (C=S) groups is 1. The number of hydrogen-bond acceptors (Lipinski definition) is 3. The molecule has 5 nitrogen and oxygen atoms in total. The van der Waals surface area contributed by atoms with Crippen LogP contribution in [0.2, 0.25) is 0 Å². The standard InChI is InChI=1S/C13H17N3O2S/c1-4-5-6-8-7-14-11-9(10(8)19)12(17)16(3)13(18)15(11)2/h7,9H,4-6H2,1-3H3/p+1. The van der Waals surface area contributed by atoms with Crippen molar-refractivity contribution in [2.75, 3.05) is 14.1 Å². The van der Waals surface area contributed by atoms with Crippen molar-refractivity contribution in [1.29, 1.82) is 0 Å². The number of carbonyl (C=O) groups is 2. The summed E-state index contributed by atoms with van der Waals surface area (Å²) in [5, 5.41) is 0. The number of hydrogen-bond donors (Lipinski definition) is 1. The van der Waals surface area contributed by atoms with Crippen LogP contribution in [0, 0.1) is 5.92 Å². The van der Waals surface area contributed by atoms with Gasteiger partial charge in [-0.2, -0.15) is 4.90 Å². The molecule has 6 heteroatoms. The molecule has 0 saturated carbocycles. The van der Waals surface area contributed by atoms with Crippen LogP contribution in [-0.2, 0) is 4.79 Å².